The number of thiophene rings is 1. The number of aliphatic hydroxyl groups is 1. The zero-order valence-corrected chi connectivity index (χ0v) is 25.7. The summed E-state index contributed by atoms with van der Waals surface area (Å²) < 4.78 is 43.0. The number of hydrogen-bond donors (Lipinski definition) is 2. The van der Waals surface area contributed by atoms with Gasteiger partial charge in [0.2, 0.25) is 5.95 Å². The zero-order chi connectivity index (χ0) is 31.5. The third-order valence-corrected chi connectivity index (χ3v) is 9.02. The van der Waals surface area contributed by atoms with E-state index in [0.29, 0.717) is 35.6 Å². The lowest BCUT2D eigenvalue weighted by atomic mass is 9.94. The van der Waals surface area contributed by atoms with Gasteiger partial charge in [0, 0.05) is 54.2 Å². The first-order chi connectivity index (χ1) is 20.9. The zero-order valence-electron chi connectivity index (χ0n) is 24.9. The van der Waals surface area contributed by atoms with Crippen LogP contribution in [0.2, 0.25) is 0 Å². The Kier molecular flexibility index (Phi) is 7.61. The molecule has 14 heteroatoms. The van der Waals surface area contributed by atoms with Gasteiger partial charge in [0.05, 0.1) is 35.4 Å². The molecule has 6 rings (SSSR count). The lowest BCUT2D eigenvalue weighted by Gasteiger charge is -2.23. The number of likely N-dealkylation sites (N-methyl/N-ethyl adjacent to an activating group) is 1. The number of nitrogens with one attached hydrogen (secondary N) is 1. The summed E-state index contributed by atoms with van der Waals surface area (Å²) >= 11 is 0.845. The smallest absolute Gasteiger partial charge is 0.412 e. The Morgan fingerprint density at radius 1 is 1.25 bits per heavy atom. The SMILES string of the molecule is CN(C)[C@H]1CN(c2ncc3c4c(c(-c5ncc(F)c6sc(NC(=O)OC(C)(C)C)c(C#N)c56)c(F)c3n2)COC4)C[C@@H]1CO. The molecule has 1 fully saturated rings. The highest BCUT2D eigenvalue weighted by molar-refractivity contribution is 7.23. The van der Waals surface area contributed by atoms with Crippen LogP contribution in [0.4, 0.5) is 24.5 Å². The number of ether oxygens (including phenoxy) is 2. The van der Waals surface area contributed by atoms with E-state index in [4.69, 9.17) is 9.47 Å². The largest absolute Gasteiger partial charge is 0.444 e. The van der Waals surface area contributed by atoms with Gasteiger partial charge in [-0.2, -0.15) is 5.26 Å². The summed E-state index contributed by atoms with van der Waals surface area (Å²) in [5, 5.41) is 23.2. The van der Waals surface area contributed by atoms with Crippen molar-refractivity contribution in [3.63, 3.8) is 0 Å². The molecule has 1 saturated heterocycles. The van der Waals surface area contributed by atoms with Crippen LogP contribution in [0.3, 0.4) is 0 Å². The van der Waals surface area contributed by atoms with Gasteiger partial charge in [0.1, 0.15) is 22.2 Å². The van der Waals surface area contributed by atoms with E-state index in [1.54, 1.807) is 27.0 Å². The lowest BCUT2D eigenvalue weighted by molar-refractivity contribution is 0.0636. The van der Waals surface area contributed by atoms with E-state index in [9.17, 15) is 15.2 Å². The number of fused-ring (bicyclic) bond motifs is 4. The number of carbonyl (C=O) groups is 1. The third-order valence-electron chi connectivity index (χ3n) is 7.91. The van der Waals surface area contributed by atoms with E-state index in [1.807, 2.05) is 30.0 Å². The second kappa shape index (κ2) is 11.2. The van der Waals surface area contributed by atoms with E-state index in [0.717, 1.165) is 17.5 Å². The van der Waals surface area contributed by atoms with Crippen LogP contribution in [0, 0.1) is 28.9 Å². The molecular formula is C30H31F2N7O4S. The van der Waals surface area contributed by atoms with Crippen LogP contribution < -0.4 is 10.2 Å². The summed E-state index contributed by atoms with van der Waals surface area (Å²) in [4.78, 5) is 30.0. The van der Waals surface area contributed by atoms with Crippen LogP contribution in [-0.4, -0.2) is 76.5 Å². The number of benzene rings is 1. The molecule has 2 N–H and O–H groups in total. The first kappa shape index (κ1) is 30.0. The van der Waals surface area contributed by atoms with E-state index < -0.39 is 23.3 Å². The van der Waals surface area contributed by atoms with Crippen LogP contribution in [0.1, 0.15) is 37.5 Å². The standard InChI is InChI=1S/C30H31F2N7O4S/c1-30(2,3)43-29(41)37-27-15(6-33)22-25(34-8-19(31)26(22)44-27)21-18-13-42-12-17(18)16-7-35-28(36-24(16)23(21)32)39-9-14(11-40)20(10-39)38(4)5/h7-8,14,20,40H,9-13H2,1-5H3,(H,37,41)/t14-,20+/m1/s1. The monoisotopic (exact) mass is 623 g/mol. The van der Waals surface area contributed by atoms with E-state index in [2.05, 4.69) is 20.3 Å². The highest BCUT2D eigenvalue weighted by atomic mass is 32.1. The maximum atomic E-state index is 16.8. The van der Waals surface area contributed by atoms with Crippen LogP contribution >= 0.6 is 11.3 Å². The molecule has 11 nitrogen and oxygen atoms in total. The summed E-state index contributed by atoms with van der Waals surface area (Å²) in [7, 11) is 3.89. The molecule has 2 aliphatic heterocycles. The van der Waals surface area contributed by atoms with Crippen LogP contribution in [0.25, 0.3) is 32.2 Å². The minimum atomic E-state index is -0.812. The molecule has 4 aromatic rings. The van der Waals surface area contributed by atoms with Gasteiger partial charge < -0.3 is 24.4 Å². The van der Waals surface area contributed by atoms with Crippen molar-refractivity contribution in [2.75, 3.05) is 44.0 Å². The molecule has 0 bridgehead atoms. The Morgan fingerprint density at radius 2 is 2.00 bits per heavy atom. The first-order valence-electron chi connectivity index (χ1n) is 14.0. The molecular weight excluding hydrogens is 592 g/mol. The Balaban J connectivity index is 1.52. The number of nitriles is 1. The molecule has 0 spiro atoms. The van der Waals surface area contributed by atoms with Crippen molar-refractivity contribution in [2.24, 2.45) is 5.92 Å². The second-order valence-corrected chi connectivity index (χ2v) is 13.2. The Labute approximate surface area is 256 Å². The summed E-state index contributed by atoms with van der Waals surface area (Å²) in [6, 6.07) is 2.11. The predicted octanol–water partition coefficient (Wildman–Crippen LogP) is 4.79. The number of rotatable bonds is 5. The summed E-state index contributed by atoms with van der Waals surface area (Å²) in [5.41, 5.74) is 0.475. The van der Waals surface area contributed by atoms with Crippen molar-refractivity contribution in [3.8, 4) is 17.3 Å². The van der Waals surface area contributed by atoms with Crippen LogP contribution in [0.5, 0.6) is 0 Å². The van der Waals surface area contributed by atoms with Crippen molar-refractivity contribution in [2.45, 2.75) is 45.6 Å². The minimum absolute atomic E-state index is 0.00480. The van der Waals surface area contributed by atoms with Gasteiger partial charge in [-0.05, 0) is 46.0 Å². The maximum absolute atomic E-state index is 16.8. The van der Waals surface area contributed by atoms with Gasteiger partial charge in [0.25, 0.3) is 0 Å². The molecule has 0 radical (unpaired) electrons. The van der Waals surface area contributed by atoms with Gasteiger partial charge in [0.15, 0.2) is 11.6 Å². The quantitative estimate of drug-likeness (QED) is 0.319. The number of aliphatic hydroxyl groups excluding tert-OH is 1. The molecule has 0 saturated carbocycles. The molecule has 44 heavy (non-hydrogen) atoms. The van der Waals surface area contributed by atoms with Crippen LogP contribution in [-0.2, 0) is 22.7 Å². The fourth-order valence-electron chi connectivity index (χ4n) is 5.94. The molecule has 2 atom stereocenters. The topological polar surface area (TPSA) is 137 Å². The average Bonchev–Trinajstić information content (AvgIpc) is 3.70. The number of anilines is 2. The highest BCUT2D eigenvalue weighted by Gasteiger charge is 2.36. The van der Waals surface area contributed by atoms with Gasteiger partial charge in [-0.25, -0.2) is 23.5 Å². The van der Waals surface area contributed by atoms with E-state index in [-0.39, 0.29) is 69.2 Å². The maximum Gasteiger partial charge on any atom is 0.412 e. The third kappa shape index (κ3) is 5.09. The molecule has 230 valence electrons. The predicted molar refractivity (Wildman–Crippen MR) is 161 cm³/mol. The average molecular weight is 624 g/mol. The van der Waals surface area contributed by atoms with Crippen molar-refractivity contribution in [1.29, 1.82) is 5.26 Å². The number of carbonyl (C=O) groups excluding carboxylic acids is 1. The summed E-state index contributed by atoms with van der Waals surface area (Å²) in [5.74, 6) is -1.13. The fraction of sp³-hybridized carbons (Fsp3) is 0.433. The van der Waals surface area contributed by atoms with Crippen molar-refractivity contribution in [3.05, 3.63) is 40.7 Å². The van der Waals surface area contributed by atoms with E-state index >= 15 is 8.78 Å². The Morgan fingerprint density at radius 3 is 2.66 bits per heavy atom. The van der Waals surface area contributed by atoms with Crippen molar-refractivity contribution >= 4 is 49.4 Å². The van der Waals surface area contributed by atoms with Crippen molar-refractivity contribution in [1.82, 2.24) is 19.9 Å². The molecule has 3 aromatic heterocycles. The van der Waals surface area contributed by atoms with Gasteiger partial charge >= 0.3 is 6.09 Å². The second-order valence-electron chi connectivity index (χ2n) is 12.2. The Hall–Kier alpha value is -4.03. The van der Waals surface area contributed by atoms with Gasteiger partial charge in [-0.3, -0.25) is 10.3 Å². The number of halogens is 2. The number of pyridine rings is 1. The van der Waals surface area contributed by atoms with Gasteiger partial charge in [-0.1, -0.05) is 0 Å². The minimum Gasteiger partial charge on any atom is -0.444 e. The molecule has 1 aromatic carbocycles. The molecule has 1 amide bonds. The van der Waals surface area contributed by atoms with Crippen LogP contribution in [0.15, 0.2) is 12.4 Å². The van der Waals surface area contributed by atoms with Crippen molar-refractivity contribution < 1.29 is 28.2 Å². The molecule has 5 heterocycles. The van der Waals surface area contributed by atoms with E-state index in [1.165, 1.54) is 0 Å². The Bertz CT molecular complexity index is 1850. The lowest BCUT2D eigenvalue weighted by Crippen LogP contribution is -2.36. The fourth-order valence-corrected chi connectivity index (χ4v) is 6.97. The summed E-state index contributed by atoms with van der Waals surface area (Å²) in [6.07, 6.45) is 1.74. The normalized spacial score (nSPS) is 18.3. The number of hydrogen-bond acceptors (Lipinski definition) is 11. The number of nitrogens with zero attached hydrogens (tertiary/aromatic N) is 6. The molecule has 0 unspecified atom stereocenters. The molecule has 0 aliphatic carbocycles. The molecule has 2 aliphatic rings. The number of aromatic nitrogens is 3. The van der Waals surface area contributed by atoms with Gasteiger partial charge in [-0.15, -0.1) is 11.3 Å². The highest BCUT2D eigenvalue weighted by Crippen LogP contribution is 2.46. The number of amides is 1. The first-order valence-corrected chi connectivity index (χ1v) is 14.8. The summed E-state index contributed by atoms with van der Waals surface area (Å²) in [6.45, 7) is 6.39.